The van der Waals surface area contributed by atoms with Crippen molar-refractivity contribution in [2.24, 2.45) is 0 Å². The molecule has 0 saturated heterocycles. The highest BCUT2D eigenvalue weighted by Crippen LogP contribution is 2.11. The molecular weight excluding hydrogens is 302 g/mol. The molecule has 0 fully saturated rings. The third-order valence-corrected chi connectivity index (χ3v) is 3.46. The molecule has 0 heterocycles. The molecule has 0 saturated carbocycles. The van der Waals surface area contributed by atoms with E-state index in [-0.39, 0.29) is 5.91 Å². The van der Waals surface area contributed by atoms with Gasteiger partial charge in [-0.25, -0.2) is 0 Å². The lowest BCUT2D eigenvalue weighted by atomic mass is 10.1. The van der Waals surface area contributed by atoms with E-state index in [1.54, 1.807) is 0 Å². The number of hydrogen-bond acceptors (Lipinski definition) is 1. The van der Waals surface area contributed by atoms with Crippen LogP contribution in [0.1, 0.15) is 28.4 Å². The number of halogens is 1. The first-order chi connectivity index (χ1) is 9.19. The van der Waals surface area contributed by atoms with E-state index in [2.05, 4.69) is 28.2 Å². The summed E-state index contributed by atoms with van der Waals surface area (Å²) in [5.41, 5.74) is 3.02. The molecule has 0 aliphatic heterocycles. The van der Waals surface area contributed by atoms with Crippen molar-refractivity contribution in [2.75, 3.05) is 0 Å². The molecular formula is C16H16BrNO. The lowest BCUT2D eigenvalue weighted by Crippen LogP contribution is -2.22. The normalized spacial score (nSPS) is 10.2. The molecule has 1 N–H and O–H groups in total. The second kappa shape index (κ2) is 6.53. The summed E-state index contributed by atoms with van der Waals surface area (Å²) in [7, 11) is 0. The lowest BCUT2D eigenvalue weighted by Gasteiger charge is -2.06. The van der Waals surface area contributed by atoms with E-state index < -0.39 is 0 Å². The van der Waals surface area contributed by atoms with Gasteiger partial charge >= 0.3 is 0 Å². The van der Waals surface area contributed by atoms with Crippen LogP contribution in [0.4, 0.5) is 0 Å². The number of carbonyl (C=O) groups is 1. The second-order valence-electron chi connectivity index (χ2n) is 4.36. The van der Waals surface area contributed by atoms with Gasteiger partial charge in [-0.15, -0.1) is 0 Å². The van der Waals surface area contributed by atoms with Crippen molar-refractivity contribution in [2.45, 2.75) is 19.9 Å². The van der Waals surface area contributed by atoms with Gasteiger partial charge < -0.3 is 5.32 Å². The molecule has 2 rings (SSSR count). The summed E-state index contributed by atoms with van der Waals surface area (Å²) in [4.78, 5) is 12.0. The number of nitrogens with one attached hydrogen (secondary N) is 1. The summed E-state index contributed by atoms with van der Waals surface area (Å²) in [6.45, 7) is 2.64. The summed E-state index contributed by atoms with van der Waals surface area (Å²) >= 11 is 3.42. The van der Waals surface area contributed by atoms with E-state index in [1.165, 1.54) is 5.56 Å². The van der Waals surface area contributed by atoms with Gasteiger partial charge in [0.05, 0.1) is 0 Å². The van der Waals surface area contributed by atoms with Gasteiger partial charge in [0, 0.05) is 16.6 Å². The lowest BCUT2D eigenvalue weighted by molar-refractivity contribution is 0.0951. The van der Waals surface area contributed by atoms with Crippen LogP contribution < -0.4 is 5.32 Å². The first-order valence-electron chi connectivity index (χ1n) is 6.30. The van der Waals surface area contributed by atoms with Crippen LogP contribution >= 0.6 is 15.9 Å². The number of carbonyl (C=O) groups excluding carboxylic acids is 1. The van der Waals surface area contributed by atoms with Crippen LogP contribution in [0.15, 0.2) is 53.0 Å². The molecule has 2 nitrogen and oxygen atoms in total. The summed E-state index contributed by atoms with van der Waals surface area (Å²) in [6.07, 6.45) is 0.986. The molecule has 19 heavy (non-hydrogen) atoms. The van der Waals surface area contributed by atoms with Gasteiger partial charge in [0.1, 0.15) is 0 Å². The Hall–Kier alpha value is -1.61. The van der Waals surface area contributed by atoms with E-state index >= 15 is 0 Å². The van der Waals surface area contributed by atoms with Gasteiger partial charge in [0.2, 0.25) is 0 Å². The van der Waals surface area contributed by atoms with Crippen LogP contribution in [0.25, 0.3) is 0 Å². The van der Waals surface area contributed by atoms with Gasteiger partial charge in [-0.05, 0) is 41.8 Å². The smallest absolute Gasteiger partial charge is 0.251 e. The Kier molecular flexibility index (Phi) is 4.74. The van der Waals surface area contributed by atoms with Gasteiger partial charge in [0.15, 0.2) is 0 Å². The Morgan fingerprint density at radius 2 is 1.84 bits per heavy atom. The Labute approximate surface area is 122 Å². The molecule has 98 valence electrons. The Morgan fingerprint density at radius 3 is 2.47 bits per heavy atom. The summed E-state index contributed by atoms with van der Waals surface area (Å²) < 4.78 is 1.02. The van der Waals surface area contributed by atoms with E-state index in [0.29, 0.717) is 12.1 Å². The average Bonchev–Trinajstić information content (AvgIpc) is 2.45. The molecule has 2 aromatic rings. The molecule has 0 aliphatic carbocycles. The van der Waals surface area contributed by atoms with Crippen molar-refractivity contribution in [1.82, 2.24) is 5.32 Å². The van der Waals surface area contributed by atoms with Gasteiger partial charge in [-0.2, -0.15) is 0 Å². The van der Waals surface area contributed by atoms with Crippen molar-refractivity contribution in [3.05, 3.63) is 69.7 Å². The van der Waals surface area contributed by atoms with Gasteiger partial charge in [0.25, 0.3) is 5.91 Å². The maximum absolute atomic E-state index is 12.0. The molecule has 0 radical (unpaired) electrons. The monoisotopic (exact) mass is 317 g/mol. The summed E-state index contributed by atoms with van der Waals surface area (Å²) in [5.74, 6) is -0.0392. The summed E-state index contributed by atoms with van der Waals surface area (Å²) in [6, 6.07) is 15.6. The highest BCUT2D eigenvalue weighted by atomic mass is 79.9. The average molecular weight is 318 g/mol. The van der Waals surface area contributed by atoms with Crippen LogP contribution in [0.3, 0.4) is 0 Å². The number of amides is 1. The summed E-state index contributed by atoms with van der Waals surface area (Å²) in [5, 5.41) is 2.92. The van der Waals surface area contributed by atoms with Crippen molar-refractivity contribution in [3.63, 3.8) is 0 Å². The predicted molar refractivity (Wildman–Crippen MR) is 81.1 cm³/mol. The third-order valence-electron chi connectivity index (χ3n) is 2.97. The van der Waals surface area contributed by atoms with Crippen molar-refractivity contribution < 1.29 is 4.79 Å². The maximum Gasteiger partial charge on any atom is 0.251 e. The van der Waals surface area contributed by atoms with Crippen molar-refractivity contribution in [3.8, 4) is 0 Å². The van der Waals surface area contributed by atoms with E-state index in [4.69, 9.17) is 0 Å². The molecule has 0 atom stereocenters. The molecule has 0 unspecified atom stereocenters. The molecule has 0 bridgehead atoms. The molecule has 2 aromatic carbocycles. The topological polar surface area (TPSA) is 29.1 Å². The zero-order valence-corrected chi connectivity index (χ0v) is 12.4. The number of rotatable bonds is 4. The van der Waals surface area contributed by atoms with Crippen molar-refractivity contribution >= 4 is 21.8 Å². The predicted octanol–water partition coefficient (Wildman–Crippen LogP) is 3.94. The molecule has 0 aliphatic rings. The Morgan fingerprint density at radius 1 is 1.11 bits per heavy atom. The zero-order chi connectivity index (χ0) is 13.7. The zero-order valence-electron chi connectivity index (χ0n) is 10.8. The number of benzene rings is 2. The van der Waals surface area contributed by atoms with Crippen LogP contribution in [-0.2, 0) is 13.0 Å². The van der Waals surface area contributed by atoms with E-state index in [0.717, 1.165) is 16.5 Å². The van der Waals surface area contributed by atoms with E-state index in [9.17, 15) is 4.79 Å². The second-order valence-corrected chi connectivity index (χ2v) is 5.28. The van der Waals surface area contributed by atoms with E-state index in [1.807, 2.05) is 48.5 Å². The standard InChI is InChI=1S/C16H16BrNO/c1-2-12-6-8-14(9-7-12)16(19)18-11-13-4-3-5-15(17)10-13/h3-10H,2,11H2,1H3,(H,18,19). The molecule has 1 amide bonds. The minimum Gasteiger partial charge on any atom is -0.348 e. The Bertz CT molecular complexity index is 563. The first-order valence-corrected chi connectivity index (χ1v) is 7.10. The van der Waals surface area contributed by atoms with Crippen LogP contribution in [-0.4, -0.2) is 5.91 Å². The minimum atomic E-state index is -0.0392. The fraction of sp³-hybridized carbons (Fsp3) is 0.188. The highest BCUT2D eigenvalue weighted by Gasteiger charge is 2.04. The molecule has 0 spiro atoms. The minimum absolute atomic E-state index is 0.0392. The third kappa shape index (κ3) is 3.93. The highest BCUT2D eigenvalue weighted by molar-refractivity contribution is 9.10. The fourth-order valence-corrected chi connectivity index (χ4v) is 2.27. The SMILES string of the molecule is CCc1ccc(C(=O)NCc2cccc(Br)c2)cc1. The Balaban J connectivity index is 1.97. The molecule has 3 heteroatoms. The van der Waals surface area contributed by atoms with Crippen LogP contribution in [0.5, 0.6) is 0 Å². The first kappa shape index (κ1) is 13.8. The maximum atomic E-state index is 12.0. The van der Waals surface area contributed by atoms with Gasteiger partial charge in [-0.1, -0.05) is 47.1 Å². The van der Waals surface area contributed by atoms with Gasteiger partial charge in [-0.3, -0.25) is 4.79 Å². The number of aryl methyl sites for hydroxylation is 1. The molecule has 0 aromatic heterocycles. The quantitative estimate of drug-likeness (QED) is 0.909. The largest absolute Gasteiger partial charge is 0.348 e. The fourth-order valence-electron chi connectivity index (χ4n) is 1.82. The van der Waals surface area contributed by atoms with Crippen molar-refractivity contribution in [1.29, 1.82) is 0 Å². The van der Waals surface area contributed by atoms with Crippen LogP contribution in [0.2, 0.25) is 0 Å². The number of hydrogen-bond donors (Lipinski definition) is 1. The van der Waals surface area contributed by atoms with Crippen LogP contribution in [0, 0.1) is 0 Å².